The van der Waals surface area contributed by atoms with Crippen LogP contribution in [0.5, 0.6) is 0 Å². The van der Waals surface area contributed by atoms with E-state index in [0.717, 1.165) is 38.5 Å². The van der Waals surface area contributed by atoms with Crippen LogP contribution in [-0.2, 0) is 16.1 Å². The lowest BCUT2D eigenvalue weighted by molar-refractivity contribution is -0.192. The van der Waals surface area contributed by atoms with E-state index in [1.165, 1.54) is 11.3 Å². The number of hydrogen-bond acceptors (Lipinski definition) is 6. The summed E-state index contributed by atoms with van der Waals surface area (Å²) in [6.45, 7) is 4.56. The molecular formula is C10H14F3N3O3S. The molecule has 6 nitrogen and oxygen atoms in total. The van der Waals surface area contributed by atoms with Crippen LogP contribution in [0.4, 0.5) is 18.3 Å². The predicted octanol–water partition coefficient (Wildman–Crippen LogP) is 1.19. The third-order valence-corrected chi connectivity index (χ3v) is 3.02. The van der Waals surface area contributed by atoms with Gasteiger partial charge in [-0.1, -0.05) is 0 Å². The fraction of sp³-hybridized carbons (Fsp3) is 0.600. The molecule has 114 valence electrons. The number of halogens is 3. The monoisotopic (exact) mass is 313 g/mol. The molecule has 0 unspecified atom stereocenters. The van der Waals surface area contributed by atoms with Crippen molar-refractivity contribution in [3.8, 4) is 0 Å². The zero-order valence-corrected chi connectivity index (χ0v) is 11.2. The normalized spacial score (nSPS) is 16.4. The summed E-state index contributed by atoms with van der Waals surface area (Å²) in [4.78, 5) is 15.4. The number of ether oxygens (including phenoxy) is 1. The maximum Gasteiger partial charge on any atom is 0.490 e. The van der Waals surface area contributed by atoms with Gasteiger partial charge < -0.3 is 15.6 Å². The predicted molar refractivity (Wildman–Crippen MR) is 66.3 cm³/mol. The number of nitrogens with zero attached hydrogens (tertiary/aromatic N) is 2. The molecule has 2 rings (SSSR count). The second kappa shape index (κ2) is 7.41. The molecule has 0 amide bonds. The molecule has 0 atom stereocenters. The summed E-state index contributed by atoms with van der Waals surface area (Å²) in [5.41, 5.74) is 6.62. The Morgan fingerprint density at radius 3 is 2.45 bits per heavy atom. The van der Waals surface area contributed by atoms with Crippen molar-refractivity contribution in [1.29, 1.82) is 0 Å². The summed E-state index contributed by atoms with van der Waals surface area (Å²) in [5, 5.41) is 9.80. The Morgan fingerprint density at radius 1 is 1.50 bits per heavy atom. The number of aliphatic carboxylic acids is 1. The first kappa shape index (κ1) is 16.7. The molecule has 1 saturated heterocycles. The minimum Gasteiger partial charge on any atom is -0.475 e. The van der Waals surface area contributed by atoms with E-state index in [-0.39, 0.29) is 0 Å². The number of anilines is 1. The van der Waals surface area contributed by atoms with Crippen molar-refractivity contribution in [3.05, 3.63) is 11.1 Å². The second-order valence-corrected chi connectivity index (χ2v) is 4.76. The maximum atomic E-state index is 10.6. The molecule has 0 aliphatic carbocycles. The largest absolute Gasteiger partial charge is 0.490 e. The van der Waals surface area contributed by atoms with Crippen LogP contribution in [0.3, 0.4) is 0 Å². The van der Waals surface area contributed by atoms with Crippen LogP contribution in [0.1, 0.15) is 5.69 Å². The van der Waals surface area contributed by atoms with Gasteiger partial charge in [-0.05, 0) is 0 Å². The van der Waals surface area contributed by atoms with Gasteiger partial charge in [0.05, 0.1) is 18.9 Å². The number of alkyl halides is 3. The smallest absolute Gasteiger partial charge is 0.475 e. The second-order valence-electron chi connectivity index (χ2n) is 3.87. The van der Waals surface area contributed by atoms with E-state index in [1.54, 1.807) is 0 Å². The van der Waals surface area contributed by atoms with Crippen molar-refractivity contribution in [1.82, 2.24) is 9.88 Å². The van der Waals surface area contributed by atoms with Crippen LogP contribution in [0.25, 0.3) is 0 Å². The summed E-state index contributed by atoms with van der Waals surface area (Å²) >= 11 is 1.50. The highest BCUT2D eigenvalue weighted by Gasteiger charge is 2.38. The van der Waals surface area contributed by atoms with E-state index in [1.807, 2.05) is 5.38 Å². The Kier molecular flexibility index (Phi) is 6.17. The number of carboxylic acids is 1. The highest BCUT2D eigenvalue weighted by atomic mass is 32.1. The molecule has 20 heavy (non-hydrogen) atoms. The number of hydrogen-bond donors (Lipinski definition) is 2. The lowest BCUT2D eigenvalue weighted by Gasteiger charge is -2.25. The molecular weight excluding hydrogens is 299 g/mol. The van der Waals surface area contributed by atoms with Gasteiger partial charge in [-0.25, -0.2) is 9.78 Å². The van der Waals surface area contributed by atoms with Crippen molar-refractivity contribution in [2.24, 2.45) is 0 Å². The highest BCUT2D eigenvalue weighted by Crippen LogP contribution is 2.14. The number of thiazole rings is 1. The van der Waals surface area contributed by atoms with E-state index >= 15 is 0 Å². The van der Waals surface area contributed by atoms with Crippen molar-refractivity contribution >= 4 is 22.4 Å². The van der Waals surface area contributed by atoms with Crippen molar-refractivity contribution in [2.45, 2.75) is 12.7 Å². The molecule has 1 aliphatic heterocycles. The van der Waals surface area contributed by atoms with Crippen LogP contribution in [-0.4, -0.2) is 53.4 Å². The number of nitrogen functional groups attached to an aromatic ring is 1. The van der Waals surface area contributed by atoms with Gasteiger partial charge in [0.1, 0.15) is 0 Å². The fourth-order valence-corrected chi connectivity index (χ4v) is 1.94. The van der Waals surface area contributed by atoms with Crippen LogP contribution in [0, 0.1) is 0 Å². The summed E-state index contributed by atoms with van der Waals surface area (Å²) in [6.07, 6.45) is -5.08. The van der Waals surface area contributed by atoms with Gasteiger partial charge in [0.2, 0.25) is 0 Å². The minimum atomic E-state index is -5.08. The fourth-order valence-electron chi connectivity index (χ4n) is 1.38. The summed E-state index contributed by atoms with van der Waals surface area (Å²) in [7, 11) is 0. The molecule has 2 heterocycles. The Hall–Kier alpha value is -1.39. The molecule has 3 N–H and O–H groups in total. The van der Waals surface area contributed by atoms with Crippen molar-refractivity contribution in [3.63, 3.8) is 0 Å². The number of rotatable bonds is 2. The number of carbonyl (C=O) groups is 1. The van der Waals surface area contributed by atoms with Crippen LogP contribution in [0.2, 0.25) is 0 Å². The van der Waals surface area contributed by atoms with E-state index < -0.39 is 12.1 Å². The van der Waals surface area contributed by atoms with Gasteiger partial charge in [-0.2, -0.15) is 13.2 Å². The number of nitrogens with two attached hydrogens (primary N) is 1. The van der Waals surface area contributed by atoms with E-state index in [4.69, 9.17) is 20.4 Å². The lowest BCUT2D eigenvalue weighted by Crippen LogP contribution is -2.35. The molecule has 0 spiro atoms. The quantitative estimate of drug-likeness (QED) is 0.852. The first-order valence-electron chi connectivity index (χ1n) is 5.59. The number of morpholine rings is 1. The average molecular weight is 313 g/mol. The Labute approximate surface area is 117 Å². The molecule has 0 saturated carbocycles. The topological polar surface area (TPSA) is 88.7 Å². The molecule has 10 heteroatoms. The van der Waals surface area contributed by atoms with E-state index in [0.29, 0.717) is 5.13 Å². The summed E-state index contributed by atoms with van der Waals surface area (Å²) < 4.78 is 37.0. The zero-order chi connectivity index (χ0) is 15.2. The summed E-state index contributed by atoms with van der Waals surface area (Å²) in [6, 6.07) is 0. The van der Waals surface area contributed by atoms with Crippen LogP contribution < -0.4 is 5.73 Å². The van der Waals surface area contributed by atoms with Crippen molar-refractivity contribution < 1.29 is 27.8 Å². The van der Waals surface area contributed by atoms with Crippen LogP contribution in [0.15, 0.2) is 5.38 Å². The Bertz CT molecular complexity index is 433. The summed E-state index contributed by atoms with van der Waals surface area (Å²) in [5.74, 6) is -2.76. The number of carboxylic acid groups (broad SMARTS) is 1. The third-order valence-electron chi connectivity index (χ3n) is 2.30. The van der Waals surface area contributed by atoms with Crippen LogP contribution >= 0.6 is 11.3 Å². The Morgan fingerprint density at radius 2 is 2.05 bits per heavy atom. The van der Waals surface area contributed by atoms with E-state index in [9.17, 15) is 13.2 Å². The third kappa shape index (κ3) is 6.17. The maximum absolute atomic E-state index is 10.6. The molecule has 0 radical (unpaired) electrons. The average Bonchev–Trinajstić information content (AvgIpc) is 2.75. The van der Waals surface area contributed by atoms with Crippen molar-refractivity contribution in [2.75, 3.05) is 32.0 Å². The first-order valence-corrected chi connectivity index (χ1v) is 6.47. The minimum absolute atomic E-state index is 0.656. The molecule has 1 aromatic heterocycles. The highest BCUT2D eigenvalue weighted by molar-refractivity contribution is 7.13. The molecule has 0 aromatic carbocycles. The number of aromatic nitrogens is 1. The molecule has 0 bridgehead atoms. The Balaban J connectivity index is 0.000000246. The molecule has 1 aromatic rings. The lowest BCUT2D eigenvalue weighted by atomic mass is 10.4. The van der Waals surface area contributed by atoms with E-state index in [2.05, 4.69) is 9.88 Å². The molecule has 1 fully saturated rings. The van der Waals surface area contributed by atoms with Gasteiger partial charge in [0.15, 0.2) is 5.13 Å². The van der Waals surface area contributed by atoms with Gasteiger partial charge in [-0.15, -0.1) is 11.3 Å². The zero-order valence-electron chi connectivity index (χ0n) is 10.4. The van der Waals surface area contributed by atoms with Gasteiger partial charge in [0.25, 0.3) is 0 Å². The van der Waals surface area contributed by atoms with Gasteiger partial charge in [-0.3, -0.25) is 4.90 Å². The standard InChI is InChI=1S/C8H13N3OS.C2HF3O2/c9-8-10-7(6-13-8)5-11-1-3-12-4-2-11;3-2(4,5)1(6)7/h6H,1-5H2,(H2,9,10);(H,6,7). The molecule has 1 aliphatic rings. The SMILES string of the molecule is Nc1nc(CN2CCOCC2)cs1.O=C(O)C(F)(F)F. The van der Waals surface area contributed by atoms with Gasteiger partial charge >= 0.3 is 12.1 Å². The first-order chi connectivity index (χ1) is 9.29. The van der Waals surface area contributed by atoms with Gasteiger partial charge in [0, 0.05) is 25.0 Å².